The molecule has 1 heterocycles. The zero-order valence-electron chi connectivity index (χ0n) is 9.14. The normalized spacial score (nSPS) is 10.2. The van der Waals surface area contributed by atoms with E-state index in [0.29, 0.717) is 5.75 Å². The van der Waals surface area contributed by atoms with Crippen molar-refractivity contribution in [1.29, 1.82) is 0 Å². The zero-order valence-corrected chi connectivity index (χ0v) is 9.14. The average Bonchev–Trinajstić information content (AvgIpc) is 2.22. The fourth-order valence-electron chi connectivity index (χ4n) is 1.31. The molecule has 1 aromatic carbocycles. The molecule has 0 saturated heterocycles. The Bertz CT molecular complexity index is 539. The quantitative estimate of drug-likeness (QED) is 0.828. The maximum Gasteiger partial charge on any atom is 0.226 e. The Morgan fingerprint density at radius 2 is 1.94 bits per heavy atom. The van der Waals surface area contributed by atoms with Gasteiger partial charge in [-0.15, -0.1) is 0 Å². The van der Waals surface area contributed by atoms with E-state index in [1.54, 1.807) is 13.0 Å². The Morgan fingerprint density at radius 1 is 1.18 bits per heavy atom. The first-order valence-electron chi connectivity index (χ1n) is 4.88. The lowest BCUT2D eigenvalue weighted by Crippen LogP contribution is -2.01. The number of nitrogen functional groups attached to an aromatic ring is 2. The highest BCUT2D eigenvalue weighted by molar-refractivity contribution is 5.42. The Labute approximate surface area is 97.3 Å². The summed E-state index contributed by atoms with van der Waals surface area (Å²) in [6.07, 6.45) is 0. The number of nitrogens with zero attached hydrogens (tertiary/aromatic N) is 2. The third-order valence-corrected chi connectivity index (χ3v) is 2.10. The Balaban J connectivity index is 2.34. The van der Waals surface area contributed by atoms with Crippen LogP contribution in [0, 0.1) is 12.7 Å². The number of ether oxygens (including phenoxy) is 1. The lowest BCUT2D eigenvalue weighted by atomic mass is 10.2. The van der Waals surface area contributed by atoms with Crippen LogP contribution in [-0.2, 0) is 0 Å². The molecule has 0 amide bonds. The number of aryl methyl sites for hydroxylation is 1. The number of anilines is 2. The van der Waals surface area contributed by atoms with Gasteiger partial charge in [0.05, 0.1) is 0 Å². The molecule has 0 fully saturated rings. The van der Waals surface area contributed by atoms with E-state index in [9.17, 15) is 4.39 Å². The van der Waals surface area contributed by atoms with Crippen molar-refractivity contribution in [2.75, 3.05) is 11.5 Å². The topological polar surface area (TPSA) is 87.0 Å². The molecule has 0 saturated carbocycles. The first-order chi connectivity index (χ1) is 8.04. The molecule has 0 spiro atoms. The van der Waals surface area contributed by atoms with Crippen molar-refractivity contribution < 1.29 is 9.13 Å². The van der Waals surface area contributed by atoms with Gasteiger partial charge in [0.15, 0.2) is 0 Å². The van der Waals surface area contributed by atoms with E-state index in [1.165, 1.54) is 18.2 Å². The molecular formula is C11H11FN4O. The fraction of sp³-hybridized carbons (Fsp3) is 0.0909. The van der Waals surface area contributed by atoms with Crippen molar-refractivity contribution in [1.82, 2.24) is 9.97 Å². The van der Waals surface area contributed by atoms with Crippen LogP contribution in [0.2, 0.25) is 0 Å². The SMILES string of the molecule is Cc1ccc(F)cc1Oc1cc(N)nc(N)n1. The van der Waals surface area contributed by atoms with E-state index in [4.69, 9.17) is 16.2 Å². The van der Waals surface area contributed by atoms with Crippen molar-refractivity contribution in [3.05, 3.63) is 35.6 Å². The molecule has 0 bridgehead atoms. The summed E-state index contributed by atoms with van der Waals surface area (Å²) in [5.41, 5.74) is 11.7. The van der Waals surface area contributed by atoms with Gasteiger partial charge in [-0.3, -0.25) is 0 Å². The molecular weight excluding hydrogens is 223 g/mol. The third-order valence-electron chi connectivity index (χ3n) is 2.10. The maximum absolute atomic E-state index is 13.0. The second-order valence-electron chi connectivity index (χ2n) is 3.50. The van der Waals surface area contributed by atoms with Gasteiger partial charge < -0.3 is 16.2 Å². The predicted octanol–water partition coefficient (Wildman–Crippen LogP) is 1.88. The monoisotopic (exact) mass is 234 g/mol. The van der Waals surface area contributed by atoms with E-state index < -0.39 is 0 Å². The number of aromatic nitrogens is 2. The summed E-state index contributed by atoms with van der Waals surface area (Å²) < 4.78 is 18.4. The number of benzene rings is 1. The van der Waals surface area contributed by atoms with Crippen LogP contribution < -0.4 is 16.2 Å². The predicted molar refractivity (Wildman–Crippen MR) is 62.1 cm³/mol. The minimum Gasteiger partial charge on any atom is -0.438 e. The second-order valence-corrected chi connectivity index (χ2v) is 3.50. The average molecular weight is 234 g/mol. The van der Waals surface area contributed by atoms with Gasteiger partial charge in [0.1, 0.15) is 17.4 Å². The van der Waals surface area contributed by atoms with E-state index in [-0.39, 0.29) is 23.5 Å². The molecule has 2 aromatic rings. The highest BCUT2D eigenvalue weighted by atomic mass is 19.1. The van der Waals surface area contributed by atoms with Crippen LogP contribution in [0.3, 0.4) is 0 Å². The summed E-state index contributed by atoms with van der Waals surface area (Å²) >= 11 is 0. The van der Waals surface area contributed by atoms with Crippen molar-refractivity contribution in [2.45, 2.75) is 6.92 Å². The molecule has 0 atom stereocenters. The standard InChI is InChI=1S/C11H11FN4O/c1-6-2-3-7(12)4-8(6)17-10-5-9(13)15-11(14)16-10/h2-5H,1H3,(H4,13,14,15,16). The zero-order chi connectivity index (χ0) is 12.4. The number of halogens is 1. The first kappa shape index (κ1) is 11.1. The Hall–Kier alpha value is -2.37. The second kappa shape index (κ2) is 4.25. The van der Waals surface area contributed by atoms with Crippen molar-refractivity contribution in [3.8, 4) is 11.6 Å². The van der Waals surface area contributed by atoms with Crippen LogP contribution in [0.4, 0.5) is 16.2 Å². The molecule has 6 heteroatoms. The lowest BCUT2D eigenvalue weighted by molar-refractivity contribution is 0.454. The van der Waals surface area contributed by atoms with Gasteiger partial charge in [0.25, 0.3) is 0 Å². The van der Waals surface area contributed by atoms with Gasteiger partial charge in [-0.05, 0) is 18.6 Å². The Kier molecular flexibility index (Phi) is 2.78. The number of rotatable bonds is 2. The molecule has 88 valence electrons. The molecule has 0 radical (unpaired) electrons. The lowest BCUT2D eigenvalue weighted by Gasteiger charge is -2.08. The van der Waals surface area contributed by atoms with E-state index in [2.05, 4.69) is 9.97 Å². The van der Waals surface area contributed by atoms with Crippen LogP contribution in [0.5, 0.6) is 11.6 Å². The molecule has 2 rings (SSSR count). The van der Waals surface area contributed by atoms with Crippen molar-refractivity contribution in [3.63, 3.8) is 0 Å². The van der Waals surface area contributed by atoms with Gasteiger partial charge in [0.2, 0.25) is 11.8 Å². The minimum absolute atomic E-state index is 0.00839. The molecule has 0 aliphatic heterocycles. The van der Waals surface area contributed by atoms with E-state index >= 15 is 0 Å². The Morgan fingerprint density at radius 3 is 2.65 bits per heavy atom. The smallest absolute Gasteiger partial charge is 0.226 e. The number of hydrogen-bond acceptors (Lipinski definition) is 5. The minimum atomic E-state index is -0.388. The largest absolute Gasteiger partial charge is 0.438 e. The van der Waals surface area contributed by atoms with Crippen LogP contribution in [-0.4, -0.2) is 9.97 Å². The summed E-state index contributed by atoms with van der Waals surface area (Å²) in [7, 11) is 0. The van der Waals surface area contributed by atoms with E-state index in [0.717, 1.165) is 5.56 Å². The molecule has 0 unspecified atom stereocenters. The highest BCUT2D eigenvalue weighted by Gasteiger charge is 2.06. The van der Waals surface area contributed by atoms with Gasteiger partial charge >= 0.3 is 0 Å². The van der Waals surface area contributed by atoms with Crippen molar-refractivity contribution >= 4 is 11.8 Å². The van der Waals surface area contributed by atoms with Gasteiger partial charge in [-0.1, -0.05) is 6.07 Å². The molecule has 1 aromatic heterocycles. The summed E-state index contributed by atoms with van der Waals surface area (Å²) in [6.45, 7) is 1.79. The summed E-state index contributed by atoms with van der Waals surface area (Å²) in [5.74, 6) is 0.363. The summed E-state index contributed by atoms with van der Waals surface area (Å²) in [4.78, 5) is 7.55. The van der Waals surface area contributed by atoms with Crippen LogP contribution in [0.1, 0.15) is 5.56 Å². The summed E-state index contributed by atoms with van der Waals surface area (Å²) in [6, 6.07) is 5.65. The molecule has 5 nitrogen and oxygen atoms in total. The van der Waals surface area contributed by atoms with Gasteiger partial charge in [-0.2, -0.15) is 9.97 Å². The summed E-state index contributed by atoms with van der Waals surface area (Å²) in [5, 5.41) is 0. The highest BCUT2D eigenvalue weighted by Crippen LogP contribution is 2.25. The van der Waals surface area contributed by atoms with Gasteiger partial charge in [0, 0.05) is 12.1 Å². The molecule has 0 aliphatic carbocycles. The molecule has 0 aliphatic rings. The van der Waals surface area contributed by atoms with Crippen molar-refractivity contribution in [2.24, 2.45) is 0 Å². The number of nitrogens with two attached hydrogens (primary N) is 2. The van der Waals surface area contributed by atoms with Crippen LogP contribution >= 0.6 is 0 Å². The van der Waals surface area contributed by atoms with Crippen LogP contribution in [0.25, 0.3) is 0 Å². The third kappa shape index (κ3) is 2.60. The maximum atomic E-state index is 13.0. The molecule has 17 heavy (non-hydrogen) atoms. The first-order valence-corrected chi connectivity index (χ1v) is 4.88. The van der Waals surface area contributed by atoms with Gasteiger partial charge in [-0.25, -0.2) is 4.39 Å². The van der Waals surface area contributed by atoms with Crippen LogP contribution in [0.15, 0.2) is 24.3 Å². The molecule has 4 N–H and O–H groups in total. The number of hydrogen-bond donors (Lipinski definition) is 2. The van der Waals surface area contributed by atoms with E-state index in [1.807, 2.05) is 0 Å². The fourth-order valence-corrected chi connectivity index (χ4v) is 1.31.